The van der Waals surface area contributed by atoms with Gasteiger partial charge in [0.05, 0.1) is 28.4 Å². The Balaban J connectivity index is 1.13. The van der Waals surface area contributed by atoms with Crippen molar-refractivity contribution < 1.29 is 43.6 Å². The number of fused-ring (bicyclic) bond motifs is 2. The van der Waals surface area contributed by atoms with Crippen LogP contribution in [0.15, 0.2) is 27.7 Å². The molecule has 0 bridgehead atoms. The van der Waals surface area contributed by atoms with Gasteiger partial charge < -0.3 is 34.8 Å². The number of amides is 2. The summed E-state index contributed by atoms with van der Waals surface area (Å²) < 4.78 is 22.0. The van der Waals surface area contributed by atoms with Crippen LogP contribution in [-0.2, 0) is 14.3 Å². The van der Waals surface area contributed by atoms with Gasteiger partial charge in [-0.25, -0.2) is 23.8 Å². The number of aliphatic hydroxyl groups is 1. The van der Waals surface area contributed by atoms with Crippen LogP contribution in [0.3, 0.4) is 0 Å². The van der Waals surface area contributed by atoms with E-state index in [4.69, 9.17) is 4.74 Å². The number of nitrogens with zero attached hydrogens (tertiary/aromatic N) is 4. The number of ether oxygens (including phenoxy) is 1. The SMILES string of the molecule is C[C@H](O)[C@H]1C(=O)N2C(C(=O)O)=C(COC(=O)NC3CCN(c4nc5c(cc4F)c(=O)c(C(=O)O)cn5C4CC4)C3)S[C@@H]12. The minimum atomic E-state index is -1.40. The molecule has 2 aromatic heterocycles. The number of carboxylic acid groups (broad SMARTS) is 2. The summed E-state index contributed by atoms with van der Waals surface area (Å²) in [5.41, 5.74) is -1.34. The molecule has 1 aliphatic carbocycles. The number of pyridine rings is 2. The zero-order valence-electron chi connectivity index (χ0n) is 22.2. The molecule has 222 valence electrons. The maximum absolute atomic E-state index is 15.2. The first-order valence-electron chi connectivity index (χ1n) is 13.3. The molecule has 16 heteroatoms. The molecule has 0 aromatic carbocycles. The number of carbonyl (C=O) groups is 4. The van der Waals surface area contributed by atoms with Gasteiger partial charge in [0, 0.05) is 25.3 Å². The number of carbonyl (C=O) groups excluding carboxylic acids is 2. The van der Waals surface area contributed by atoms with Gasteiger partial charge in [0.25, 0.3) is 0 Å². The second-order valence-electron chi connectivity index (χ2n) is 10.7. The maximum atomic E-state index is 15.2. The van der Waals surface area contributed by atoms with Crippen LogP contribution in [0.4, 0.5) is 15.0 Å². The number of hydrogen-bond acceptors (Lipinski definition) is 10. The van der Waals surface area contributed by atoms with E-state index in [1.165, 1.54) is 13.1 Å². The molecule has 0 spiro atoms. The van der Waals surface area contributed by atoms with E-state index in [1.807, 2.05) is 0 Å². The third-order valence-electron chi connectivity index (χ3n) is 7.83. The van der Waals surface area contributed by atoms with Crippen LogP contribution in [0, 0.1) is 11.7 Å². The van der Waals surface area contributed by atoms with Gasteiger partial charge in [-0.3, -0.25) is 14.5 Å². The van der Waals surface area contributed by atoms with Crippen molar-refractivity contribution in [3.63, 3.8) is 0 Å². The molecule has 0 radical (unpaired) electrons. The number of aliphatic hydroxyl groups excluding tert-OH is 1. The predicted molar refractivity (Wildman–Crippen MR) is 144 cm³/mol. The molecule has 2 saturated heterocycles. The van der Waals surface area contributed by atoms with Gasteiger partial charge in [-0.05, 0) is 32.3 Å². The third-order valence-corrected chi connectivity index (χ3v) is 9.17. The normalized spacial score (nSPS) is 24.1. The molecular weight excluding hydrogens is 577 g/mol. The zero-order chi connectivity index (χ0) is 30.0. The molecule has 4 aliphatic rings. The van der Waals surface area contributed by atoms with Crippen LogP contribution < -0.4 is 15.6 Å². The molecular formula is C26H26FN5O9S. The van der Waals surface area contributed by atoms with Crippen molar-refractivity contribution >= 4 is 52.6 Å². The lowest BCUT2D eigenvalue weighted by Gasteiger charge is -2.43. The third kappa shape index (κ3) is 4.63. The maximum Gasteiger partial charge on any atom is 0.407 e. The van der Waals surface area contributed by atoms with E-state index < -0.39 is 64.2 Å². The fourth-order valence-electron chi connectivity index (χ4n) is 5.61. The lowest BCUT2D eigenvalue weighted by molar-refractivity contribution is -0.156. The van der Waals surface area contributed by atoms with Crippen molar-refractivity contribution in [1.29, 1.82) is 0 Å². The van der Waals surface area contributed by atoms with E-state index in [0.29, 0.717) is 13.0 Å². The van der Waals surface area contributed by atoms with E-state index in [2.05, 4.69) is 10.3 Å². The first-order valence-corrected chi connectivity index (χ1v) is 14.1. The fourth-order valence-corrected chi connectivity index (χ4v) is 7.13. The number of aromatic carboxylic acids is 1. The molecule has 14 nitrogen and oxygen atoms in total. The van der Waals surface area contributed by atoms with Crippen LogP contribution in [0.1, 0.15) is 42.6 Å². The molecule has 4 atom stereocenters. The minimum Gasteiger partial charge on any atom is -0.477 e. The highest BCUT2D eigenvalue weighted by atomic mass is 32.2. The number of carboxylic acids is 2. The van der Waals surface area contributed by atoms with Crippen LogP contribution >= 0.6 is 11.8 Å². The molecule has 1 unspecified atom stereocenters. The minimum absolute atomic E-state index is 0.0300. The van der Waals surface area contributed by atoms with Gasteiger partial charge in [0.15, 0.2) is 11.6 Å². The predicted octanol–water partition coefficient (Wildman–Crippen LogP) is 1.08. The standard InChI is InChI=1S/C26H26FN5O9S/c1-10(33)17-22(35)32-18(25(38)39)16(42-23(17)32)9-41-26(40)28-11-4-5-30(7-11)21-15(27)6-13-19(34)14(24(36)37)8-31(12-2-3-12)20(13)29-21/h6,8,10-12,17,23,33H,2-5,7,9H2,1H3,(H,28,40)(H,36,37)(H,38,39)/t10-,11?,17-,23-/m0/s1. The van der Waals surface area contributed by atoms with Crippen molar-refractivity contribution in [1.82, 2.24) is 19.8 Å². The number of thioether (sulfide) groups is 1. The molecule has 3 fully saturated rings. The molecule has 42 heavy (non-hydrogen) atoms. The number of aliphatic carboxylic acids is 1. The number of hydrogen-bond donors (Lipinski definition) is 4. The summed E-state index contributed by atoms with van der Waals surface area (Å²) in [6.45, 7) is 1.56. The molecule has 6 rings (SSSR count). The second-order valence-corrected chi connectivity index (χ2v) is 11.9. The van der Waals surface area contributed by atoms with Gasteiger partial charge in [-0.15, -0.1) is 0 Å². The topological polar surface area (TPSA) is 192 Å². The Morgan fingerprint density at radius 1 is 1.21 bits per heavy atom. The van der Waals surface area contributed by atoms with E-state index in [0.717, 1.165) is 35.6 Å². The molecule has 5 heterocycles. The van der Waals surface area contributed by atoms with Crippen molar-refractivity contribution in [3.05, 3.63) is 44.5 Å². The average Bonchev–Trinajstić information content (AvgIpc) is 3.57. The zero-order valence-corrected chi connectivity index (χ0v) is 23.0. The Morgan fingerprint density at radius 3 is 2.60 bits per heavy atom. The molecule has 1 saturated carbocycles. The van der Waals surface area contributed by atoms with Crippen molar-refractivity contribution in [2.75, 3.05) is 24.6 Å². The van der Waals surface area contributed by atoms with E-state index >= 15 is 4.39 Å². The van der Waals surface area contributed by atoms with Crippen LogP contribution in [0.5, 0.6) is 0 Å². The lowest BCUT2D eigenvalue weighted by Crippen LogP contribution is -2.60. The highest BCUT2D eigenvalue weighted by Gasteiger charge is 2.57. The van der Waals surface area contributed by atoms with Gasteiger partial charge >= 0.3 is 18.0 Å². The number of aromatic nitrogens is 2. The van der Waals surface area contributed by atoms with E-state index in [9.17, 15) is 39.3 Å². The highest BCUT2D eigenvalue weighted by molar-refractivity contribution is 8.04. The van der Waals surface area contributed by atoms with Gasteiger partial charge in [0.1, 0.15) is 28.9 Å². The smallest absolute Gasteiger partial charge is 0.407 e. The number of alkyl carbamates (subject to hydrolysis) is 1. The first kappa shape index (κ1) is 28.0. The summed E-state index contributed by atoms with van der Waals surface area (Å²) >= 11 is 1.06. The lowest BCUT2D eigenvalue weighted by atomic mass is 9.92. The van der Waals surface area contributed by atoms with Crippen LogP contribution in [0.2, 0.25) is 0 Å². The van der Waals surface area contributed by atoms with E-state index in [1.54, 1.807) is 9.47 Å². The Hall–Kier alpha value is -4.18. The number of halogens is 1. The van der Waals surface area contributed by atoms with Gasteiger partial charge in [-0.2, -0.15) is 0 Å². The molecule has 3 aliphatic heterocycles. The monoisotopic (exact) mass is 603 g/mol. The summed E-state index contributed by atoms with van der Waals surface area (Å²) in [6, 6.07) is 0.515. The van der Waals surface area contributed by atoms with Gasteiger partial charge in [-0.1, -0.05) is 11.8 Å². The quantitative estimate of drug-likeness (QED) is 0.315. The fraction of sp³-hybridized carbons (Fsp3) is 0.462. The Kier molecular flexibility index (Phi) is 6.84. The summed E-state index contributed by atoms with van der Waals surface area (Å²) in [6.07, 6.45) is 1.44. The van der Waals surface area contributed by atoms with Crippen molar-refractivity contribution in [2.45, 2.75) is 49.7 Å². The average molecular weight is 604 g/mol. The number of rotatable bonds is 8. The number of β-lactam (4-membered cyclic amide) rings is 1. The van der Waals surface area contributed by atoms with Crippen molar-refractivity contribution in [3.8, 4) is 0 Å². The Bertz CT molecular complexity index is 1640. The highest BCUT2D eigenvalue weighted by Crippen LogP contribution is 2.50. The number of nitrogens with one attached hydrogen (secondary N) is 1. The number of anilines is 1. The largest absolute Gasteiger partial charge is 0.477 e. The molecule has 4 N–H and O–H groups in total. The summed E-state index contributed by atoms with van der Waals surface area (Å²) in [5, 5.41) is 30.8. The van der Waals surface area contributed by atoms with Gasteiger partial charge in [0.2, 0.25) is 11.3 Å². The molecule has 2 amide bonds. The molecule has 2 aromatic rings. The Morgan fingerprint density at radius 2 is 1.95 bits per heavy atom. The Labute approximate surface area is 240 Å². The van der Waals surface area contributed by atoms with Crippen LogP contribution in [0.25, 0.3) is 11.0 Å². The summed E-state index contributed by atoms with van der Waals surface area (Å²) in [4.78, 5) is 68.2. The van der Waals surface area contributed by atoms with E-state index in [-0.39, 0.29) is 46.6 Å². The van der Waals surface area contributed by atoms with Crippen molar-refractivity contribution in [2.24, 2.45) is 5.92 Å². The van der Waals surface area contributed by atoms with Crippen LogP contribution in [-0.4, -0.2) is 90.9 Å². The second kappa shape index (κ2) is 10.3. The first-order chi connectivity index (χ1) is 20.0. The summed E-state index contributed by atoms with van der Waals surface area (Å²) in [7, 11) is 0. The summed E-state index contributed by atoms with van der Waals surface area (Å²) in [5.74, 6) is -4.82.